The first kappa shape index (κ1) is 30.9. The Morgan fingerprint density at radius 3 is 2.44 bits per heavy atom. The first-order valence-electron chi connectivity index (χ1n) is 14.0. The fourth-order valence-electron chi connectivity index (χ4n) is 4.67. The Morgan fingerprint density at radius 2 is 1.72 bits per heavy atom. The summed E-state index contributed by atoms with van der Waals surface area (Å²) in [6.07, 6.45) is 4.28. The molecule has 0 aliphatic rings. The van der Waals surface area contributed by atoms with Crippen molar-refractivity contribution in [1.82, 2.24) is 4.98 Å². The molecule has 2 heterocycles. The number of aryl methyl sites for hydroxylation is 1. The molecule has 214 valence electrons. The molecule has 0 saturated carbocycles. The molecule has 6 nitrogen and oxygen atoms in total. The average Bonchev–Trinajstić information content (AvgIpc) is 2.92. The number of aromatic nitrogens is 1. The van der Waals surface area contributed by atoms with Crippen molar-refractivity contribution in [3.8, 4) is 16.9 Å². The van der Waals surface area contributed by atoms with Crippen LogP contribution in [0, 0.1) is 0 Å². The van der Waals surface area contributed by atoms with Gasteiger partial charge in [0.25, 0.3) is 0 Å². The van der Waals surface area contributed by atoms with Crippen LogP contribution in [0.4, 0.5) is 8.78 Å². The van der Waals surface area contributed by atoms with Gasteiger partial charge in [-0.05, 0) is 75.5 Å². The predicted octanol–water partition coefficient (Wildman–Crippen LogP) is 7.57. The quantitative estimate of drug-likeness (QED) is 0.0962. The summed E-state index contributed by atoms with van der Waals surface area (Å²) in [5.41, 5.74) is 2.24. The molecule has 2 aromatic heterocycles. The van der Waals surface area contributed by atoms with E-state index in [9.17, 15) is 13.6 Å². The van der Waals surface area contributed by atoms with Crippen molar-refractivity contribution in [3.63, 3.8) is 0 Å². The Hall–Kier alpha value is -2.62. The van der Waals surface area contributed by atoms with Crippen LogP contribution >= 0.6 is 0 Å². The van der Waals surface area contributed by atoms with E-state index in [1.165, 1.54) is 0 Å². The van der Waals surface area contributed by atoms with E-state index in [1.54, 1.807) is 36.7 Å². The Kier molecular flexibility index (Phi) is 12.1. The number of benzene rings is 1. The molecule has 0 aliphatic heterocycles. The maximum Gasteiger partial charge on any atom is 0.344 e. The third kappa shape index (κ3) is 8.94. The average molecular weight is 562 g/mol. The molecule has 9 heteroatoms. The molecule has 1 aromatic carbocycles. The molecular formula is C30H41F2NO5Si. The first-order valence-corrected chi connectivity index (χ1v) is 16.5. The van der Waals surface area contributed by atoms with E-state index in [4.69, 9.17) is 18.0 Å². The van der Waals surface area contributed by atoms with Gasteiger partial charge in [-0.1, -0.05) is 19.8 Å². The molecule has 0 fully saturated rings. The summed E-state index contributed by atoms with van der Waals surface area (Å²) in [7, 11) is -2.49. The molecule has 39 heavy (non-hydrogen) atoms. The third-order valence-electron chi connectivity index (χ3n) is 6.79. The van der Waals surface area contributed by atoms with E-state index in [2.05, 4.69) is 11.9 Å². The van der Waals surface area contributed by atoms with Crippen LogP contribution in [0.2, 0.25) is 12.6 Å². The summed E-state index contributed by atoms with van der Waals surface area (Å²) in [5, 5.41) is 0.739. The molecule has 3 rings (SSSR count). The van der Waals surface area contributed by atoms with Crippen LogP contribution < -0.4 is 10.4 Å². The highest BCUT2D eigenvalue weighted by Gasteiger charge is 2.33. The zero-order chi connectivity index (χ0) is 28.3. The maximum atomic E-state index is 14.5. The zero-order valence-electron chi connectivity index (χ0n) is 23.5. The van der Waals surface area contributed by atoms with Crippen molar-refractivity contribution in [2.75, 3.05) is 19.8 Å². The van der Waals surface area contributed by atoms with Crippen molar-refractivity contribution in [2.24, 2.45) is 0 Å². The Morgan fingerprint density at radius 1 is 0.974 bits per heavy atom. The van der Waals surface area contributed by atoms with Gasteiger partial charge < -0.3 is 18.0 Å². The smallest absolute Gasteiger partial charge is 0.344 e. The van der Waals surface area contributed by atoms with E-state index >= 15 is 0 Å². The summed E-state index contributed by atoms with van der Waals surface area (Å²) in [6.45, 7) is 8.75. The molecule has 0 bridgehead atoms. The van der Waals surface area contributed by atoms with Crippen LogP contribution in [0.1, 0.15) is 58.4 Å². The van der Waals surface area contributed by atoms with Crippen molar-refractivity contribution >= 4 is 19.5 Å². The number of ether oxygens (including phenoxy) is 1. The molecule has 2 atom stereocenters. The van der Waals surface area contributed by atoms with Gasteiger partial charge in [-0.25, -0.2) is 13.6 Å². The molecule has 2 unspecified atom stereocenters. The van der Waals surface area contributed by atoms with Gasteiger partial charge in [0.15, 0.2) is 0 Å². The number of hydrogen-bond acceptors (Lipinski definition) is 6. The number of pyridine rings is 1. The minimum Gasteiger partial charge on any atom is -0.493 e. The molecule has 0 N–H and O–H groups in total. The summed E-state index contributed by atoms with van der Waals surface area (Å²) < 4.78 is 51.7. The molecule has 0 radical (unpaired) electrons. The van der Waals surface area contributed by atoms with Crippen LogP contribution in [0.15, 0.2) is 51.9 Å². The van der Waals surface area contributed by atoms with E-state index in [1.807, 2.05) is 26.5 Å². The van der Waals surface area contributed by atoms with Crippen molar-refractivity contribution in [3.05, 3.63) is 58.7 Å². The summed E-state index contributed by atoms with van der Waals surface area (Å²) in [5.74, 6) is 0.426. The maximum absolute atomic E-state index is 14.5. The molecule has 0 amide bonds. The van der Waals surface area contributed by atoms with Crippen LogP contribution in [-0.4, -0.2) is 45.7 Å². The van der Waals surface area contributed by atoms with Gasteiger partial charge in [-0.3, -0.25) is 4.98 Å². The summed E-state index contributed by atoms with van der Waals surface area (Å²) >= 11 is 0. The van der Waals surface area contributed by atoms with Crippen LogP contribution in [0.3, 0.4) is 0 Å². The van der Waals surface area contributed by atoms with E-state index in [0.29, 0.717) is 36.2 Å². The predicted molar refractivity (Wildman–Crippen MR) is 153 cm³/mol. The van der Waals surface area contributed by atoms with Gasteiger partial charge in [0.05, 0.1) is 12.2 Å². The van der Waals surface area contributed by atoms with Crippen LogP contribution in [0.5, 0.6) is 5.75 Å². The van der Waals surface area contributed by atoms with Crippen molar-refractivity contribution < 1.29 is 26.8 Å². The van der Waals surface area contributed by atoms with Gasteiger partial charge >= 0.3 is 14.2 Å². The summed E-state index contributed by atoms with van der Waals surface area (Å²) in [6, 6.07) is 9.28. The van der Waals surface area contributed by atoms with Crippen LogP contribution in [0.25, 0.3) is 22.1 Å². The molecule has 0 spiro atoms. The van der Waals surface area contributed by atoms with Crippen LogP contribution in [-0.2, 0) is 15.3 Å². The first-order chi connectivity index (χ1) is 18.8. The molecule has 3 aromatic rings. The summed E-state index contributed by atoms with van der Waals surface area (Å²) in [4.78, 5) is 17.1. The Bertz CT molecular complexity index is 1230. The third-order valence-corrected chi connectivity index (χ3v) is 9.78. The second-order valence-electron chi connectivity index (χ2n) is 9.84. The van der Waals surface area contributed by atoms with Gasteiger partial charge in [-0.2, -0.15) is 0 Å². The standard InChI is InChI=1S/C30H41F2NO5Si/c1-5-8-9-10-22-13-16-33-21-26(22)25-19-23-11-12-24(20-29(23)38-30(25)34)35-17-14-27(31)28(32)15-18-39(4,36-6-2)37-7-3/h11-13,16,19-21,27-28H,5-10,14-15,17-18H2,1-4H3. The highest BCUT2D eigenvalue weighted by Crippen LogP contribution is 2.28. The monoisotopic (exact) mass is 561 g/mol. The van der Waals surface area contributed by atoms with Gasteiger partial charge in [0, 0.05) is 49.0 Å². The molecule has 0 saturated heterocycles. The fraction of sp³-hybridized carbons (Fsp3) is 0.533. The topological polar surface area (TPSA) is 70.8 Å². The number of unbranched alkanes of at least 4 members (excludes halogenated alkanes) is 2. The number of fused-ring (bicyclic) bond motifs is 1. The van der Waals surface area contributed by atoms with Gasteiger partial charge in [0.1, 0.15) is 23.7 Å². The minimum absolute atomic E-state index is 0.00215. The van der Waals surface area contributed by atoms with Gasteiger partial charge in [-0.15, -0.1) is 0 Å². The lowest BCUT2D eigenvalue weighted by Crippen LogP contribution is -2.39. The molecular weight excluding hydrogens is 520 g/mol. The zero-order valence-corrected chi connectivity index (χ0v) is 24.5. The van der Waals surface area contributed by atoms with E-state index < -0.39 is 26.5 Å². The Labute approximate surface area is 230 Å². The minimum atomic E-state index is -2.49. The molecule has 0 aliphatic carbocycles. The lowest BCUT2D eigenvalue weighted by molar-refractivity contribution is 0.127. The largest absolute Gasteiger partial charge is 0.493 e. The normalized spacial score (nSPS) is 13.5. The fourth-order valence-corrected chi connectivity index (χ4v) is 7.06. The van der Waals surface area contributed by atoms with Crippen molar-refractivity contribution in [2.45, 2.75) is 84.2 Å². The number of halogens is 2. The number of nitrogens with zero attached hydrogens (tertiary/aromatic N) is 1. The van der Waals surface area contributed by atoms with Gasteiger partial charge in [0.2, 0.25) is 0 Å². The number of alkyl halides is 2. The lowest BCUT2D eigenvalue weighted by atomic mass is 9.98. The van der Waals surface area contributed by atoms with E-state index in [0.717, 1.165) is 42.2 Å². The lowest BCUT2D eigenvalue weighted by Gasteiger charge is -2.27. The highest BCUT2D eigenvalue weighted by molar-refractivity contribution is 6.66. The number of rotatable bonds is 17. The second-order valence-corrected chi connectivity index (χ2v) is 13.2. The van der Waals surface area contributed by atoms with E-state index in [-0.39, 0.29) is 19.4 Å². The number of hydrogen-bond donors (Lipinski definition) is 0. The highest BCUT2D eigenvalue weighted by atomic mass is 28.4. The Balaban J connectivity index is 1.61. The van der Waals surface area contributed by atoms with Crippen molar-refractivity contribution in [1.29, 1.82) is 0 Å². The second kappa shape index (κ2) is 15.2. The SMILES string of the molecule is CCCCCc1ccncc1-c1cc2ccc(OCCC(F)C(F)CC[Si](C)(OCC)OCC)cc2oc1=O.